The monoisotopic (exact) mass is 649 g/mol. The topological polar surface area (TPSA) is 87.2 Å². The minimum atomic E-state index is -0.505. The number of hydrogen-bond acceptors (Lipinski definition) is 7. The van der Waals surface area contributed by atoms with Gasteiger partial charge in [-0.05, 0) is 81.2 Å². The van der Waals surface area contributed by atoms with Crippen LogP contribution in [0.25, 0.3) is 10.9 Å². The zero-order valence-corrected chi connectivity index (χ0v) is 28.7. The summed E-state index contributed by atoms with van der Waals surface area (Å²) in [6.45, 7) is 2.05. The van der Waals surface area contributed by atoms with Crippen molar-refractivity contribution in [3.05, 3.63) is 89.5 Å². The molecule has 1 aromatic heterocycles. The lowest BCUT2D eigenvalue weighted by molar-refractivity contribution is -0.121. The summed E-state index contributed by atoms with van der Waals surface area (Å²) in [4.78, 5) is 39.9. The third kappa shape index (κ3) is 8.52. The summed E-state index contributed by atoms with van der Waals surface area (Å²) in [6, 6.07) is 24.7. The van der Waals surface area contributed by atoms with Crippen molar-refractivity contribution in [3.63, 3.8) is 0 Å². The van der Waals surface area contributed by atoms with E-state index in [9.17, 15) is 9.59 Å². The van der Waals surface area contributed by atoms with E-state index in [0.29, 0.717) is 17.4 Å². The number of ketones is 1. The second-order valence-corrected chi connectivity index (χ2v) is 14.8. The van der Waals surface area contributed by atoms with E-state index in [1.165, 1.54) is 55.0 Å². The first kappa shape index (κ1) is 33.0. The Morgan fingerprint density at radius 3 is 2.21 bits per heavy atom. The van der Waals surface area contributed by atoms with Gasteiger partial charge >= 0.3 is 0 Å². The Kier molecular flexibility index (Phi) is 10.8. The van der Waals surface area contributed by atoms with Gasteiger partial charge in [-0.1, -0.05) is 73.4 Å². The van der Waals surface area contributed by atoms with Gasteiger partial charge in [-0.2, -0.15) is 4.98 Å². The molecule has 4 aromatic rings. The molecular weight excluding hydrogens is 603 g/mol. The van der Waals surface area contributed by atoms with Crippen LogP contribution in [0.3, 0.4) is 0 Å². The van der Waals surface area contributed by atoms with Crippen LogP contribution in [0.2, 0.25) is 0 Å². The van der Waals surface area contributed by atoms with E-state index in [1.807, 2.05) is 67.5 Å². The first-order valence-electron chi connectivity index (χ1n) is 17.2. The number of anilines is 2. The number of carbonyl (C=O) groups is 2. The fourth-order valence-electron chi connectivity index (χ4n) is 6.96. The minimum absolute atomic E-state index is 0.0142. The summed E-state index contributed by atoms with van der Waals surface area (Å²) >= 11 is 1.48. The fraction of sp³-hybridized carbons (Fsp3) is 0.436. The van der Waals surface area contributed by atoms with Gasteiger partial charge in [0, 0.05) is 48.4 Å². The largest absolute Gasteiger partial charge is 0.362 e. The zero-order chi connectivity index (χ0) is 32.8. The number of aromatic nitrogens is 2. The quantitative estimate of drug-likeness (QED) is 0.125. The number of para-hydroxylation sites is 1. The molecule has 0 bridgehead atoms. The summed E-state index contributed by atoms with van der Waals surface area (Å²) in [6.07, 6.45) is 10.0. The molecule has 3 aromatic carbocycles. The molecule has 1 heterocycles. The molecule has 2 fully saturated rings. The lowest BCUT2D eigenvalue weighted by Crippen LogP contribution is -2.44. The molecule has 0 spiro atoms. The molecule has 7 nitrogen and oxygen atoms in total. The van der Waals surface area contributed by atoms with Gasteiger partial charge in [0.05, 0.1) is 10.8 Å². The minimum Gasteiger partial charge on any atom is -0.362 e. The smallest absolute Gasteiger partial charge is 0.234 e. The van der Waals surface area contributed by atoms with E-state index in [0.717, 1.165) is 47.3 Å². The van der Waals surface area contributed by atoms with Crippen molar-refractivity contribution in [2.45, 2.75) is 99.3 Å². The van der Waals surface area contributed by atoms with Crippen LogP contribution in [-0.4, -0.2) is 53.1 Å². The Labute approximate surface area is 283 Å². The average Bonchev–Trinajstić information content (AvgIpc) is 3.09. The molecule has 0 aliphatic heterocycles. The highest BCUT2D eigenvalue weighted by Crippen LogP contribution is 2.33. The van der Waals surface area contributed by atoms with Gasteiger partial charge in [0.2, 0.25) is 11.9 Å². The third-order valence-corrected chi connectivity index (χ3v) is 10.9. The van der Waals surface area contributed by atoms with Crippen molar-refractivity contribution in [1.29, 1.82) is 0 Å². The second-order valence-electron chi connectivity index (χ2n) is 13.5. The van der Waals surface area contributed by atoms with E-state index < -0.39 is 5.25 Å². The second kappa shape index (κ2) is 15.3. The Morgan fingerprint density at radius 2 is 1.51 bits per heavy atom. The molecule has 0 saturated heterocycles. The summed E-state index contributed by atoms with van der Waals surface area (Å²) in [5.41, 5.74) is 4.11. The van der Waals surface area contributed by atoms with Crippen molar-refractivity contribution in [1.82, 2.24) is 15.3 Å². The van der Waals surface area contributed by atoms with Gasteiger partial charge < -0.3 is 15.5 Å². The number of aryl methyl sites for hydroxylation is 1. The first-order valence-corrected chi connectivity index (χ1v) is 18.1. The van der Waals surface area contributed by atoms with Gasteiger partial charge in [-0.25, -0.2) is 4.98 Å². The standard InChI is InChI=1S/C39H47N5O2S/c1-26-13-23-32(24-14-26)47-36(25-35(45)29-17-15-28(16-18-29)27-9-5-4-6-10-27)38(46)40-30-19-21-31(22-20-30)41-39-42-34-12-8-7-11-33(34)37(43-39)44(2)3/h7-8,11-18,23-24,27,30-31,36H,4-6,9-10,19-22,25H2,1-3H3,(H,40,46)(H,41,42,43)/t30-,31+,36?. The number of amides is 1. The van der Waals surface area contributed by atoms with Crippen LogP contribution in [0.15, 0.2) is 77.7 Å². The van der Waals surface area contributed by atoms with E-state index in [2.05, 4.69) is 41.8 Å². The number of Topliss-reactive ketones (excluding diaryl/α,β-unsaturated/α-hetero) is 1. The number of thioether (sulfide) groups is 1. The van der Waals surface area contributed by atoms with Crippen LogP contribution < -0.4 is 15.5 Å². The maximum atomic E-state index is 13.8. The molecule has 2 N–H and O–H groups in total. The molecule has 2 saturated carbocycles. The van der Waals surface area contributed by atoms with E-state index in [4.69, 9.17) is 9.97 Å². The van der Waals surface area contributed by atoms with Gasteiger partial charge in [0.25, 0.3) is 0 Å². The molecule has 1 unspecified atom stereocenters. The molecule has 6 rings (SSSR count). The normalized spacial score (nSPS) is 19.2. The zero-order valence-electron chi connectivity index (χ0n) is 27.9. The van der Waals surface area contributed by atoms with Crippen molar-refractivity contribution in [2.24, 2.45) is 0 Å². The number of hydrogen-bond donors (Lipinski definition) is 2. The maximum absolute atomic E-state index is 13.8. The maximum Gasteiger partial charge on any atom is 0.234 e. The van der Waals surface area contributed by atoms with Crippen LogP contribution in [0.4, 0.5) is 11.8 Å². The van der Waals surface area contributed by atoms with Crippen LogP contribution in [0.5, 0.6) is 0 Å². The summed E-state index contributed by atoms with van der Waals surface area (Å²) in [5.74, 6) is 2.09. The van der Waals surface area contributed by atoms with E-state index in [1.54, 1.807) is 0 Å². The SMILES string of the molecule is Cc1ccc(SC(CC(=O)c2ccc(C3CCCCC3)cc2)C(=O)N[C@H]2CC[C@@H](Nc3nc(N(C)C)c4ccccc4n3)CC2)cc1. The summed E-state index contributed by atoms with van der Waals surface area (Å²) in [5, 5.41) is 7.40. The van der Waals surface area contributed by atoms with Crippen LogP contribution in [0, 0.1) is 6.92 Å². The molecule has 1 amide bonds. The van der Waals surface area contributed by atoms with Crippen molar-refractivity contribution < 1.29 is 9.59 Å². The molecule has 47 heavy (non-hydrogen) atoms. The number of rotatable bonds is 11. The predicted octanol–water partition coefficient (Wildman–Crippen LogP) is 8.33. The summed E-state index contributed by atoms with van der Waals surface area (Å²) in [7, 11) is 4.00. The average molecular weight is 650 g/mol. The highest BCUT2D eigenvalue weighted by Gasteiger charge is 2.29. The Morgan fingerprint density at radius 1 is 0.830 bits per heavy atom. The molecule has 8 heteroatoms. The Balaban J connectivity index is 1.08. The number of fused-ring (bicyclic) bond motifs is 1. The van der Waals surface area contributed by atoms with Gasteiger partial charge in [-0.3, -0.25) is 9.59 Å². The molecule has 1 atom stereocenters. The Hall–Kier alpha value is -3.91. The highest BCUT2D eigenvalue weighted by atomic mass is 32.2. The van der Waals surface area contributed by atoms with Crippen molar-refractivity contribution >= 4 is 46.1 Å². The van der Waals surface area contributed by atoms with Crippen LogP contribution in [0.1, 0.15) is 91.6 Å². The van der Waals surface area contributed by atoms with Crippen molar-refractivity contribution in [3.8, 4) is 0 Å². The number of nitrogens with one attached hydrogen (secondary N) is 2. The fourth-order valence-corrected chi connectivity index (χ4v) is 7.99. The number of nitrogens with zero attached hydrogens (tertiary/aromatic N) is 3. The highest BCUT2D eigenvalue weighted by molar-refractivity contribution is 8.00. The lowest BCUT2D eigenvalue weighted by atomic mass is 9.84. The molecule has 246 valence electrons. The van der Waals surface area contributed by atoms with Crippen molar-refractivity contribution in [2.75, 3.05) is 24.3 Å². The van der Waals surface area contributed by atoms with Gasteiger partial charge in [0.15, 0.2) is 5.78 Å². The predicted molar refractivity (Wildman–Crippen MR) is 194 cm³/mol. The lowest BCUT2D eigenvalue weighted by Gasteiger charge is -2.31. The van der Waals surface area contributed by atoms with Crippen LogP contribution >= 0.6 is 11.8 Å². The van der Waals surface area contributed by atoms with Gasteiger partial charge in [0.1, 0.15) is 5.82 Å². The Bertz CT molecular complexity index is 1660. The molecule has 2 aliphatic carbocycles. The van der Waals surface area contributed by atoms with E-state index >= 15 is 0 Å². The molecular formula is C39H47N5O2S. The van der Waals surface area contributed by atoms with E-state index in [-0.39, 0.29) is 30.2 Å². The third-order valence-electron chi connectivity index (χ3n) is 9.69. The molecule has 0 radical (unpaired) electrons. The number of carbonyl (C=O) groups excluding carboxylic acids is 2. The summed E-state index contributed by atoms with van der Waals surface area (Å²) < 4.78 is 0. The first-order chi connectivity index (χ1) is 22.8. The van der Waals surface area contributed by atoms with Gasteiger partial charge in [-0.15, -0.1) is 11.8 Å². The number of benzene rings is 3. The molecule has 2 aliphatic rings. The van der Waals surface area contributed by atoms with Crippen LogP contribution in [-0.2, 0) is 4.79 Å².